The van der Waals surface area contributed by atoms with Gasteiger partial charge in [0.1, 0.15) is 12.1 Å². The average Bonchev–Trinajstić information content (AvgIpc) is 2.75. The summed E-state index contributed by atoms with van der Waals surface area (Å²) in [6.45, 7) is 7.15. The number of carbonyl (C=O) groups excluding carboxylic acids is 3. The Hall–Kier alpha value is -2.94. The Morgan fingerprint density at radius 3 is 2.12 bits per heavy atom. The van der Waals surface area contributed by atoms with Crippen molar-refractivity contribution in [1.82, 2.24) is 16.0 Å². The first-order chi connectivity index (χ1) is 15.0. The van der Waals surface area contributed by atoms with E-state index in [4.69, 9.17) is 5.73 Å². The number of rotatable bonds is 13. The second kappa shape index (κ2) is 13.5. The molecule has 1 aromatic carbocycles. The van der Waals surface area contributed by atoms with Crippen LogP contribution in [0.5, 0.6) is 0 Å². The molecule has 0 aliphatic rings. The maximum atomic E-state index is 12.9. The number of nitrogens with two attached hydrogens (primary N) is 1. The van der Waals surface area contributed by atoms with Crippen LogP contribution in [0, 0.1) is 11.8 Å². The highest BCUT2D eigenvalue weighted by molar-refractivity contribution is 5.92. The summed E-state index contributed by atoms with van der Waals surface area (Å²) in [6, 6.07) is 6.26. The van der Waals surface area contributed by atoms with Gasteiger partial charge >= 0.3 is 5.97 Å². The van der Waals surface area contributed by atoms with Crippen molar-refractivity contribution in [2.75, 3.05) is 6.54 Å². The molecule has 0 spiro atoms. The van der Waals surface area contributed by atoms with E-state index in [2.05, 4.69) is 16.0 Å². The third-order valence-electron chi connectivity index (χ3n) is 5.24. The normalized spacial score (nSPS) is 14.7. The van der Waals surface area contributed by atoms with E-state index >= 15 is 0 Å². The summed E-state index contributed by atoms with van der Waals surface area (Å²) in [6.07, 6.45) is 1.16. The Bertz CT molecular complexity index is 769. The first kappa shape index (κ1) is 27.1. The van der Waals surface area contributed by atoms with Gasteiger partial charge in [-0.2, -0.15) is 0 Å². The molecule has 0 aliphatic heterocycles. The molecule has 1 rings (SSSR count). The van der Waals surface area contributed by atoms with Gasteiger partial charge < -0.3 is 26.8 Å². The maximum absolute atomic E-state index is 12.9. The van der Waals surface area contributed by atoms with E-state index < -0.39 is 41.8 Å². The van der Waals surface area contributed by atoms with Crippen molar-refractivity contribution in [3.8, 4) is 0 Å². The molecule has 4 atom stereocenters. The average molecular weight is 449 g/mol. The van der Waals surface area contributed by atoms with E-state index in [1.807, 2.05) is 45.9 Å². The standard InChI is InChI=1S/C23H36N4O5/c1-5-15(4)20(24)22(30)25-13-19(28)26-17(12-16-9-7-6-8-10-16)21(29)27-18(23(31)32)11-14(2)3/h6-10,14-15,17-18,20H,5,11-13,24H2,1-4H3,(H,25,30)(H,26,28)(H,27,29)(H,31,32). The molecule has 9 heteroatoms. The SMILES string of the molecule is CCC(C)C(N)C(=O)NCC(=O)NC(Cc1ccccc1)C(=O)NC(CC(C)C)C(=O)O. The van der Waals surface area contributed by atoms with Crippen LogP contribution in [0.1, 0.15) is 46.1 Å². The summed E-state index contributed by atoms with van der Waals surface area (Å²) in [5, 5.41) is 17.0. The van der Waals surface area contributed by atoms with Crippen molar-refractivity contribution in [2.45, 2.75) is 65.1 Å². The quantitative estimate of drug-likeness (QED) is 0.301. The van der Waals surface area contributed by atoms with Crippen LogP contribution in [0.25, 0.3) is 0 Å². The van der Waals surface area contributed by atoms with Crippen LogP contribution >= 0.6 is 0 Å². The van der Waals surface area contributed by atoms with Crippen LogP contribution in [-0.4, -0.2) is 53.5 Å². The molecule has 0 fully saturated rings. The molecule has 4 unspecified atom stereocenters. The van der Waals surface area contributed by atoms with Crippen LogP contribution in [0.4, 0.5) is 0 Å². The largest absolute Gasteiger partial charge is 0.480 e. The van der Waals surface area contributed by atoms with Gasteiger partial charge in [0.25, 0.3) is 0 Å². The zero-order valence-electron chi connectivity index (χ0n) is 19.3. The lowest BCUT2D eigenvalue weighted by atomic mass is 9.99. The predicted octanol–water partition coefficient (Wildman–Crippen LogP) is 0.819. The molecule has 32 heavy (non-hydrogen) atoms. The van der Waals surface area contributed by atoms with Gasteiger partial charge in [-0.15, -0.1) is 0 Å². The minimum atomic E-state index is -1.14. The van der Waals surface area contributed by atoms with Gasteiger partial charge in [-0.25, -0.2) is 4.79 Å². The van der Waals surface area contributed by atoms with Gasteiger partial charge in [0.2, 0.25) is 17.7 Å². The van der Waals surface area contributed by atoms with E-state index in [0.29, 0.717) is 0 Å². The molecule has 0 bridgehead atoms. The van der Waals surface area contributed by atoms with Crippen molar-refractivity contribution in [3.05, 3.63) is 35.9 Å². The first-order valence-corrected chi connectivity index (χ1v) is 10.9. The Morgan fingerprint density at radius 1 is 0.969 bits per heavy atom. The van der Waals surface area contributed by atoms with Crippen molar-refractivity contribution in [3.63, 3.8) is 0 Å². The molecule has 0 radical (unpaired) electrons. The fourth-order valence-corrected chi connectivity index (χ4v) is 3.07. The van der Waals surface area contributed by atoms with E-state index in [-0.39, 0.29) is 31.2 Å². The number of benzene rings is 1. The third kappa shape index (κ3) is 9.47. The van der Waals surface area contributed by atoms with Crippen molar-refractivity contribution < 1.29 is 24.3 Å². The molecule has 0 saturated carbocycles. The smallest absolute Gasteiger partial charge is 0.326 e. The number of amides is 3. The zero-order chi connectivity index (χ0) is 24.3. The Kier molecular flexibility index (Phi) is 11.4. The van der Waals surface area contributed by atoms with Crippen molar-refractivity contribution >= 4 is 23.7 Å². The lowest BCUT2D eigenvalue weighted by Crippen LogP contribution is -2.55. The highest BCUT2D eigenvalue weighted by Gasteiger charge is 2.28. The summed E-state index contributed by atoms with van der Waals surface area (Å²) in [5.41, 5.74) is 6.67. The zero-order valence-corrected chi connectivity index (χ0v) is 19.3. The maximum Gasteiger partial charge on any atom is 0.326 e. The molecule has 0 heterocycles. The minimum absolute atomic E-state index is 0.0384. The van der Waals surface area contributed by atoms with E-state index in [1.54, 1.807) is 12.1 Å². The summed E-state index contributed by atoms with van der Waals surface area (Å²) < 4.78 is 0. The molecule has 0 aromatic heterocycles. The molecule has 0 saturated heterocycles. The van der Waals surface area contributed by atoms with Crippen LogP contribution in [0.15, 0.2) is 30.3 Å². The fraction of sp³-hybridized carbons (Fsp3) is 0.565. The summed E-state index contributed by atoms with van der Waals surface area (Å²) in [4.78, 5) is 49.0. The van der Waals surface area contributed by atoms with Gasteiger partial charge in [-0.1, -0.05) is 64.4 Å². The summed E-state index contributed by atoms with van der Waals surface area (Å²) in [7, 11) is 0. The monoisotopic (exact) mass is 448 g/mol. The minimum Gasteiger partial charge on any atom is -0.480 e. The van der Waals surface area contributed by atoms with Crippen LogP contribution in [0.2, 0.25) is 0 Å². The van der Waals surface area contributed by atoms with E-state index in [1.165, 1.54) is 0 Å². The molecule has 9 nitrogen and oxygen atoms in total. The molecular formula is C23H36N4O5. The Morgan fingerprint density at radius 2 is 1.59 bits per heavy atom. The Balaban J connectivity index is 2.85. The van der Waals surface area contributed by atoms with Gasteiger partial charge in [-0.05, 0) is 23.8 Å². The third-order valence-corrected chi connectivity index (χ3v) is 5.24. The number of aliphatic carboxylic acids is 1. The second-order valence-electron chi connectivity index (χ2n) is 8.47. The first-order valence-electron chi connectivity index (χ1n) is 10.9. The molecule has 1 aromatic rings. The highest BCUT2D eigenvalue weighted by Crippen LogP contribution is 2.08. The predicted molar refractivity (Wildman–Crippen MR) is 122 cm³/mol. The highest BCUT2D eigenvalue weighted by atomic mass is 16.4. The molecule has 3 amide bonds. The van der Waals surface area contributed by atoms with Crippen molar-refractivity contribution in [2.24, 2.45) is 17.6 Å². The number of hydrogen-bond acceptors (Lipinski definition) is 5. The second-order valence-corrected chi connectivity index (χ2v) is 8.47. The van der Waals surface area contributed by atoms with Gasteiger partial charge in [0, 0.05) is 6.42 Å². The van der Waals surface area contributed by atoms with Gasteiger partial charge in [0.05, 0.1) is 12.6 Å². The van der Waals surface area contributed by atoms with Crippen LogP contribution in [-0.2, 0) is 25.6 Å². The number of carboxylic acid groups (broad SMARTS) is 1. The molecule has 178 valence electrons. The topological polar surface area (TPSA) is 151 Å². The number of nitrogens with one attached hydrogen (secondary N) is 3. The number of carbonyl (C=O) groups is 4. The Labute approximate surface area is 189 Å². The fourth-order valence-electron chi connectivity index (χ4n) is 3.07. The van der Waals surface area contributed by atoms with E-state index in [0.717, 1.165) is 12.0 Å². The van der Waals surface area contributed by atoms with Crippen molar-refractivity contribution in [1.29, 1.82) is 0 Å². The van der Waals surface area contributed by atoms with E-state index in [9.17, 15) is 24.3 Å². The molecule has 6 N–H and O–H groups in total. The molecule has 0 aliphatic carbocycles. The van der Waals surface area contributed by atoms with Gasteiger partial charge in [0.15, 0.2) is 0 Å². The van der Waals surface area contributed by atoms with Crippen LogP contribution < -0.4 is 21.7 Å². The number of hydrogen-bond donors (Lipinski definition) is 5. The number of carboxylic acids is 1. The van der Waals surface area contributed by atoms with Gasteiger partial charge in [-0.3, -0.25) is 14.4 Å². The summed E-state index contributed by atoms with van der Waals surface area (Å²) >= 11 is 0. The molecular weight excluding hydrogens is 412 g/mol. The summed E-state index contributed by atoms with van der Waals surface area (Å²) in [5.74, 6) is -2.73. The lowest BCUT2D eigenvalue weighted by Gasteiger charge is -2.23. The van der Waals surface area contributed by atoms with Crippen LogP contribution in [0.3, 0.4) is 0 Å². The lowest BCUT2D eigenvalue weighted by molar-refractivity contribution is -0.142.